The summed E-state index contributed by atoms with van der Waals surface area (Å²) in [4.78, 5) is 16.9. The first-order valence-electron chi connectivity index (χ1n) is 12.3. The van der Waals surface area contributed by atoms with Crippen molar-refractivity contribution in [2.45, 2.75) is 37.8 Å². The molecule has 0 saturated carbocycles. The number of hydrogen-bond acceptors (Lipinski definition) is 6. The van der Waals surface area contributed by atoms with Crippen molar-refractivity contribution in [2.75, 3.05) is 53.1 Å². The molecule has 7 heteroatoms. The van der Waals surface area contributed by atoms with Crippen LogP contribution in [0.4, 0.5) is 0 Å². The third kappa shape index (κ3) is 4.65. The normalized spacial score (nSPS) is 24.8. The second-order valence-electron chi connectivity index (χ2n) is 9.66. The second kappa shape index (κ2) is 9.94. The van der Waals surface area contributed by atoms with Crippen LogP contribution in [0.25, 0.3) is 0 Å². The van der Waals surface area contributed by atoms with Gasteiger partial charge < -0.3 is 24.8 Å². The number of morpholine rings is 1. The molecular weight excluding hydrogens is 430 g/mol. The van der Waals surface area contributed by atoms with Gasteiger partial charge in [-0.15, -0.1) is 0 Å². The Hall–Kier alpha value is -2.61. The van der Waals surface area contributed by atoms with Crippen molar-refractivity contribution >= 4 is 5.91 Å². The van der Waals surface area contributed by atoms with Crippen LogP contribution in [0.3, 0.4) is 0 Å². The number of aryl methyl sites for hydroxylation is 1. The monoisotopic (exact) mass is 465 g/mol. The summed E-state index contributed by atoms with van der Waals surface area (Å²) in [5, 5.41) is 0. The number of fused-ring (bicyclic) bond motifs is 3. The van der Waals surface area contributed by atoms with E-state index >= 15 is 0 Å². The Morgan fingerprint density at radius 1 is 1.15 bits per heavy atom. The van der Waals surface area contributed by atoms with Gasteiger partial charge in [0.25, 0.3) is 5.91 Å². The number of nitrogens with zero attached hydrogens (tertiary/aromatic N) is 2. The molecule has 2 aromatic rings. The van der Waals surface area contributed by atoms with Crippen LogP contribution in [0.5, 0.6) is 11.5 Å². The fourth-order valence-corrected chi connectivity index (χ4v) is 5.63. The first kappa shape index (κ1) is 23.1. The van der Waals surface area contributed by atoms with Crippen LogP contribution in [0, 0.1) is 6.92 Å². The average molecular weight is 466 g/mol. The van der Waals surface area contributed by atoms with E-state index in [2.05, 4.69) is 48.2 Å². The van der Waals surface area contributed by atoms with Crippen molar-refractivity contribution < 1.29 is 19.0 Å². The highest BCUT2D eigenvalue weighted by molar-refractivity contribution is 5.78. The van der Waals surface area contributed by atoms with Gasteiger partial charge in [-0.1, -0.05) is 29.8 Å². The molecule has 0 bridgehead atoms. The third-order valence-electron chi connectivity index (χ3n) is 7.52. The van der Waals surface area contributed by atoms with E-state index in [0.717, 1.165) is 25.9 Å². The molecule has 7 nitrogen and oxygen atoms in total. The van der Waals surface area contributed by atoms with Crippen LogP contribution in [-0.4, -0.2) is 74.9 Å². The Balaban J connectivity index is 1.32. The summed E-state index contributed by atoms with van der Waals surface area (Å²) in [7, 11) is 1.65. The Bertz CT molecular complexity index is 1040. The number of hydrogen-bond donors (Lipinski definition) is 1. The fraction of sp³-hybridized carbons (Fsp3) is 0.519. The van der Waals surface area contributed by atoms with E-state index in [9.17, 15) is 4.79 Å². The molecule has 0 radical (unpaired) electrons. The zero-order chi connectivity index (χ0) is 23.7. The van der Waals surface area contributed by atoms with E-state index in [4.69, 9.17) is 19.9 Å². The Kier molecular flexibility index (Phi) is 6.77. The Morgan fingerprint density at radius 2 is 1.97 bits per heavy atom. The quantitative estimate of drug-likeness (QED) is 0.732. The van der Waals surface area contributed by atoms with E-state index in [1.807, 2.05) is 0 Å². The summed E-state index contributed by atoms with van der Waals surface area (Å²) in [6.45, 7) is 6.49. The summed E-state index contributed by atoms with van der Waals surface area (Å²) in [6, 6.07) is 13.3. The average Bonchev–Trinajstić information content (AvgIpc) is 2.86. The van der Waals surface area contributed by atoms with Gasteiger partial charge >= 0.3 is 0 Å². The lowest BCUT2D eigenvalue weighted by Crippen LogP contribution is -2.49. The van der Waals surface area contributed by atoms with Crippen LogP contribution in [-0.2, 0) is 16.0 Å². The topological polar surface area (TPSA) is 77.3 Å². The SMILES string of the molecule is COc1cc2c(cc1OCC(=O)N1CCOCC1)CCN1CC(c3cccc(C)c3)C(N)CC21. The molecule has 0 spiro atoms. The number of nitrogens with two attached hydrogens (primary N) is 1. The maximum atomic E-state index is 12.5. The number of benzene rings is 2. The van der Waals surface area contributed by atoms with Gasteiger partial charge in [-0.3, -0.25) is 9.69 Å². The zero-order valence-corrected chi connectivity index (χ0v) is 20.2. The number of methoxy groups -OCH3 is 1. The summed E-state index contributed by atoms with van der Waals surface area (Å²) in [5.74, 6) is 1.63. The van der Waals surface area contributed by atoms with Gasteiger partial charge in [-0.05, 0) is 48.6 Å². The molecule has 182 valence electrons. The highest BCUT2D eigenvalue weighted by Crippen LogP contribution is 2.44. The lowest BCUT2D eigenvalue weighted by Gasteiger charge is -2.46. The molecule has 34 heavy (non-hydrogen) atoms. The van der Waals surface area contributed by atoms with Gasteiger partial charge in [0, 0.05) is 44.2 Å². The van der Waals surface area contributed by atoms with E-state index < -0.39 is 0 Å². The van der Waals surface area contributed by atoms with Crippen molar-refractivity contribution in [3.63, 3.8) is 0 Å². The number of rotatable bonds is 5. The summed E-state index contributed by atoms with van der Waals surface area (Å²) in [5.41, 5.74) is 11.9. The number of carbonyl (C=O) groups excluding carboxylic acids is 1. The van der Waals surface area contributed by atoms with E-state index in [1.165, 1.54) is 22.3 Å². The number of amides is 1. The number of piperidine rings is 1. The van der Waals surface area contributed by atoms with Gasteiger partial charge in [-0.2, -0.15) is 0 Å². The molecule has 2 N–H and O–H groups in total. The molecule has 5 rings (SSSR count). The van der Waals surface area contributed by atoms with Crippen LogP contribution in [0.1, 0.15) is 40.6 Å². The highest BCUT2D eigenvalue weighted by atomic mass is 16.5. The first-order chi connectivity index (χ1) is 16.5. The van der Waals surface area contributed by atoms with Gasteiger partial charge in [0.15, 0.2) is 18.1 Å². The summed E-state index contributed by atoms with van der Waals surface area (Å²) >= 11 is 0. The predicted octanol–water partition coefficient (Wildman–Crippen LogP) is 2.66. The first-order valence-corrected chi connectivity index (χ1v) is 12.3. The summed E-state index contributed by atoms with van der Waals surface area (Å²) < 4.78 is 17.0. The maximum Gasteiger partial charge on any atom is 0.260 e. The number of carbonyl (C=O) groups is 1. The van der Waals surface area contributed by atoms with E-state index in [1.54, 1.807) is 12.0 Å². The molecule has 3 aliphatic rings. The van der Waals surface area contributed by atoms with Crippen molar-refractivity contribution in [3.8, 4) is 11.5 Å². The molecule has 1 amide bonds. The van der Waals surface area contributed by atoms with Crippen molar-refractivity contribution in [1.29, 1.82) is 0 Å². The van der Waals surface area contributed by atoms with Gasteiger partial charge in [0.1, 0.15) is 0 Å². The molecule has 2 saturated heterocycles. The minimum absolute atomic E-state index is 0.00769. The molecule has 2 fully saturated rings. The molecule has 3 atom stereocenters. The van der Waals surface area contributed by atoms with Crippen LogP contribution < -0.4 is 15.2 Å². The number of ether oxygens (including phenoxy) is 3. The zero-order valence-electron chi connectivity index (χ0n) is 20.2. The molecule has 0 aromatic heterocycles. The minimum Gasteiger partial charge on any atom is -0.493 e. The predicted molar refractivity (Wildman–Crippen MR) is 130 cm³/mol. The fourth-order valence-electron chi connectivity index (χ4n) is 5.63. The summed E-state index contributed by atoms with van der Waals surface area (Å²) in [6.07, 6.45) is 1.85. The lowest BCUT2D eigenvalue weighted by atomic mass is 9.78. The van der Waals surface area contributed by atoms with E-state index in [-0.39, 0.29) is 24.6 Å². The molecule has 0 aliphatic carbocycles. The molecule has 3 aliphatic heterocycles. The van der Waals surface area contributed by atoms with E-state index in [0.29, 0.717) is 43.7 Å². The minimum atomic E-state index is -0.0188. The van der Waals surface area contributed by atoms with Crippen molar-refractivity contribution in [1.82, 2.24) is 9.80 Å². The lowest BCUT2D eigenvalue weighted by molar-refractivity contribution is -0.137. The second-order valence-corrected chi connectivity index (χ2v) is 9.66. The third-order valence-corrected chi connectivity index (χ3v) is 7.52. The van der Waals surface area contributed by atoms with Crippen LogP contribution in [0.2, 0.25) is 0 Å². The molecule has 2 aromatic carbocycles. The largest absolute Gasteiger partial charge is 0.493 e. The van der Waals surface area contributed by atoms with Crippen molar-refractivity contribution in [3.05, 3.63) is 58.7 Å². The molecule has 3 heterocycles. The van der Waals surface area contributed by atoms with Crippen LogP contribution in [0.15, 0.2) is 36.4 Å². The Labute approximate surface area is 201 Å². The van der Waals surface area contributed by atoms with Crippen LogP contribution >= 0.6 is 0 Å². The van der Waals surface area contributed by atoms with Gasteiger partial charge in [0.2, 0.25) is 0 Å². The smallest absolute Gasteiger partial charge is 0.260 e. The van der Waals surface area contributed by atoms with Gasteiger partial charge in [-0.25, -0.2) is 0 Å². The maximum absolute atomic E-state index is 12.5. The van der Waals surface area contributed by atoms with Crippen molar-refractivity contribution in [2.24, 2.45) is 5.73 Å². The molecular formula is C27H35N3O4. The molecule has 3 unspecified atom stereocenters. The standard InChI is InChI=1S/C27H35N3O4/c1-18-4-3-5-19(12-18)22-16-30-7-6-20-13-26(34-17-27(31)29-8-10-33-11-9-29)25(32-2)14-21(20)24(30)15-23(22)28/h3-5,12-14,22-24H,6-11,15-17,28H2,1-2H3. The highest BCUT2D eigenvalue weighted by Gasteiger charge is 2.38. The van der Waals surface area contributed by atoms with Gasteiger partial charge in [0.05, 0.1) is 20.3 Å². The Morgan fingerprint density at radius 3 is 2.74 bits per heavy atom.